The van der Waals surface area contributed by atoms with Crippen molar-refractivity contribution in [2.75, 3.05) is 18.0 Å². The Hall–Kier alpha value is -0.540. The molecule has 1 fully saturated rings. The number of rotatable bonds is 7. The van der Waals surface area contributed by atoms with E-state index in [2.05, 4.69) is 52.9 Å². The first-order valence-electron chi connectivity index (χ1n) is 7.39. The highest BCUT2D eigenvalue weighted by atomic mass is 79.9. The van der Waals surface area contributed by atoms with Crippen LogP contribution in [0, 0.1) is 5.92 Å². The van der Waals surface area contributed by atoms with E-state index in [9.17, 15) is 0 Å². The third-order valence-electron chi connectivity index (χ3n) is 3.58. The molecule has 0 aromatic heterocycles. The molecule has 1 saturated carbocycles. The fourth-order valence-electron chi connectivity index (χ4n) is 2.50. The first-order valence-corrected chi connectivity index (χ1v) is 8.18. The lowest BCUT2D eigenvalue weighted by Crippen LogP contribution is -2.27. The Morgan fingerprint density at radius 2 is 2.16 bits per heavy atom. The van der Waals surface area contributed by atoms with Gasteiger partial charge in [-0.25, -0.2) is 0 Å². The van der Waals surface area contributed by atoms with Gasteiger partial charge < -0.3 is 10.6 Å². The Morgan fingerprint density at radius 1 is 1.42 bits per heavy atom. The average molecular weight is 325 g/mol. The molecule has 2 N–H and O–H groups in total. The maximum Gasteiger partial charge on any atom is 0.0510 e. The summed E-state index contributed by atoms with van der Waals surface area (Å²) in [5, 5.41) is 0. The molecule has 1 aliphatic rings. The Balaban J connectivity index is 2.11. The molecule has 0 amide bonds. The zero-order valence-corrected chi connectivity index (χ0v) is 13.6. The number of benzene rings is 1. The van der Waals surface area contributed by atoms with Crippen LogP contribution in [0.25, 0.3) is 0 Å². The van der Waals surface area contributed by atoms with Gasteiger partial charge >= 0.3 is 0 Å². The van der Waals surface area contributed by atoms with Gasteiger partial charge in [-0.05, 0) is 72.2 Å². The molecule has 0 aliphatic heterocycles. The Bertz CT molecular complexity index is 413. The summed E-state index contributed by atoms with van der Waals surface area (Å²) in [5.41, 5.74) is 8.52. The molecule has 2 nitrogen and oxygen atoms in total. The van der Waals surface area contributed by atoms with Crippen molar-refractivity contribution in [3.63, 3.8) is 0 Å². The third kappa shape index (κ3) is 4.50. The fourth-order valence-corrected chi connectivity index (χ4v) is 3.17. The van der Waals surface area contributed by atoms with E-state index >= 15 is 0 Å². The van der Waals surface area contributed by atoms with Gasteiger partial charge in [0.2, 0.25) is 0 Å². The van der Waals surface area contributed by atoms with Crippen molar-refractivity contribution in [3.8, 4) is 0 Å². The van der Waals surface area contributed by atoms with Gasteiger partial charge in [-0.15, -0.1) is 0 Å². The van der Waals surface area contributed by atoms with E-state index in [1.54, 1.807) is 0 Å². The van der Waals surface area contributed by atoms with Gasteiger partial charge in [0.1, 0.15) is 0 Å². The van der Waals surface area contributed by atoms with E-state index in [0.29, 0.717) is 0 Å². The predicted octanol–water partition coefficient (Wildman–Crippen LogP) is 3.97. The number of nitrogens with zero attached hydrogens (tertiary/aromatic N) is 1. The van der Waals surface area contributed by atoms with Gasteiger partial charge in [0.05, 0.1) is 5.69 Å². The van der Waals surface area contributed by atoms with Gasteiger partial charge in [0, 0.05) is 23.6 Å². The van der Waals surface area contributed by atoms with E-state index in [1.165, 1.54) is 41.5 Å². The number of hydrogen-bond donors (Lipinski definition) is 1. The normalized spacial score (nSPS) is 16.4. The molecule has 0 heterocycles. The zero-order valence-electron chi connectivity index (χ0n) is 12.0. The van der Waals surface area contributed by atoms with Crippen LogP contribution in [0.1, 0.15) is 38.7 Å². The minimum Gasteiger partial charge on any atom is -0.370 e. The van der Waals surface area contributed by atoms with E-state index in [1.807, 2.05) is 0 Å². The van der Waals surface area contributed by atoms with Crippen molar-refractivity contribution < 1.29 is 0 Å². The summed E-state index contributed by atoms with van der Waals surface area (Å²) in [4.78, 5) is 2.53. The molecule has 2 rings (SSSR count). The van der Waals surface area contributed by atoms with E-state index in [-0.39, 0.29) is 6.04 Å². The summed E-state index contributed by atoms with van der Waals surface area (Å²) < 4.78 is 1.21. The number of hydrogen-bond acceptors (Lipinski definition) is 2. The quantitative estimate of drug-likeness (QED) is 0.822. The van der Waals surface area contributed by atoms with Crippen molar-refractivity contribution >= 4 is 21.6 Å². The smallest absolute Gasteiger partial charge is 0.0510 e. The molecule has 1 aliphatic carbocycles. The topological polar surface area (TPSA) is 29.3 Å². The maximum absolute atomic E-state index is 5.87. The van der Waals surface area contributed by atoms with Crippen LogP contribution < -0.4 is 10.6 Å². The first kappa shape index (κ1) is 14.9. The minimum atomic E-state index is 0.218. The first-order chi connectivity index (χ1) is 9.10. The average Bonchev–Trinajstić information content (AvgIpc) is 3.12. The van der Waals surface area contributed by atoms with Gasteiger partial charge in [-0.1, -0.05) is 13.0 Å². The zero-order chi connectivity index (χ0) is 13.8. The number of nitrogens with two attached hydrogens (primary N) is 1. The van der Waals surface area contributed by atoms with Crippen molar-refractivity contribution in [1.29, 1.82) is 0 Å². The summed E-state index contributed by atoms with van der Waals surface area (Å²) >= 11 is 3.74. The molecule has 3 heteroatoms. The van der Waals surface area contributed by atoms with Crippen molar-refractivity contribution in [2.24, 2.45) is 11.7 Å². The minimum absolute atomic E-state index is 0.218. The van der Waals surface area contributed by atoms with Gasteiger partial charge in [-0.2, -0.15) is 0 Å². The molecule has 106 valence electrons. The van der Waals surface area contributed by atoms with Crippen LogP contribution in [-0.2, 0) is 6.42 Å². The predicted molar refractivity (Wildman–Crippen MR) is 86.7 cm³/mol. The van der Waals surface area contributed by atoms with E-state index in [0.717, 1.165) is 18.9 Å². The molecule has 1 aromatic rings. The molecule has 1 atom stereocenters. The van der Waals surface area contributed by atoms with Gasteiger partial charge in [0.25, 0.3) is 0 Å². The Labute approximate surface area is 125 Å². The third-order valence-corrected chi connectivity index (χ3v) is 4.21. The lowest BCUT2D eigenvalue weighted by Gasteiger charge is -2.26. The van der Waals surface area contributed by atoms with E-state index in [4.69, 9.17) is 5.73 Å². The van der Waals surface area contributed by atoms with Crippen LogP contribution in [0.4, 0.5) is 5.69 Å². The van der Waals surface area contributed by atoms with Crippen LogP contribution in [0.3, 0.4) is 0 Å². The highest BCUT2D eigenvalue weighted by molar-refractivity contribution is 9.10. The van der Waals surface area contributed by atoms with Crippen molar-refractivity contribution in [1.82, 2.24) is 0 Å². The molecular weight excluding hydrogens is 300 g/mol. The fraction of sp³-hybridized carbons (Fsp3) is 0.625. The van der Waals surface area contributed by atoms with Crippen molar-refractivity contribution in [2.45, 2.75) is 45.6 Å². The second-order valence-electron chi connectivity index (χ2n) is 5.86. The lowest BCUT2D eigenvalue weighted by molar-refractivity contribution is 0.705. The highest BCUT2D eigenvalue weighted by Gasteiger charge is 2.24. The summed E-state index contributed by atoms with van der Waals surface area (Å²) in [5.74, 6) is 0.919. The molecule has 0 bridgehead atoms. The molecular formula is C16H25BrN2. The van der Waals surface area contributed by atoms with Crippen LogP contribution in [0.2, 0.25) is 0 Å². The SMILES string of the molecule is CCCN(CC1CC1)c1ccc(CC(C)N)cc1Br. The van der Waals surface area contributed by atoms with Crippen molar-refractivity contribution in [3.05, 3.63) is 28.2 Å². The highest BCUT2D eigenvalue weighted by Crippen LogP contribution is 2.34. The molecule has 0 saturated heterocycles. The largest absolute Gasteiger partial charge is 0.370 e. The molecule has 1 aromatic carbocycles. The standard InChI is InChI=1S/C16H25BrN2/c1-3-8-19(11-13-4-5-13)16-7-6-14(9-12(2)18)10-15(16)17/h6-7,10,12-13H,3-5,8-9,11,18H2,1-2H3. The maximum atomic E-state index is 5.87. The van der Waals surface area contributed by atoms with Crippen LogP contribution in [0.15, 0.2) is 22.7 Å². The summed E-state index contributed by atoms with van der Waals surface area (Å²) in [6.07, 6.45) is 4.94. The van der Waals surface area contributed by atoms with E-state index < -0.39 is 0 Å². The Morgan fingerprint density at radius 3 is 2.68 bits per heavy atom. The second kappa shape index (κ2) is 6.76. The lowest BCUT2D eigenvalue weighted by atomic mass is 10.1. The monoisotopic (exact) mass is 324 g/mol. The molecule has 0 spiro atoms. The second-order valence-corrected chi connectivity index (χ2v) is 6.71. The molecule has 0 radical (unpaired) electrons. The van der Waals surface area contributed by atoms with Gasteiger partial charge in [0.15, 0.2) is 0 Å². The van der Waals surface area contributed by atoms with Gasteiger partial charge in [-0.3, -0.25) is 0 Å². The molecule has 19 heavy (non-hydrogen) atoms. The summed E-state index contributed by atoms with van der Waals surface area (Å²) in [6.45, 7) is 6.65. The summed E-state index contributed by atoms with van der Waals surface area (Å²) in [6, 6.07) is 6.92. The van der Waals surface area contributed by atoms with Crippen LogP contribution >= 0.6 is 15.9 Å². The summed E-state index contributed by atoms with van der Waals surface area (Å²) in [7, 11) is 0. The number of anilines is 1. The number of halogens is 1. The van der Waals surface area contributed by atoms with Crippen LogP contribution in [0.5, 0.6) is 0 Å². The molecule has 1 unspecified atom stereocenters. The van der Waals surface area contributed by atoms with Crippen LogP contribution in [-0.4, -0.2) is 19.1 Å². The Kier molecular flexibility index (Phi) is 5.28.